The van der Waals surface area contributed by atoms with Gasteiger partial charge in [-0.25, -0.2) is 5.43 Å². The van der Waals surface area contributed by atoms with E-state index in [1.54, 1.807) is 36.4 Å². The molecule has 0 aromatic heterocycles. The van der Waals surface area contributed by atoms with Gasteiger partial charge < -0.3 is 0 Å². The number of nitro groups is 1. The van der Waals surface area contributed by atoms with Crippen LogP contribution >= 0.6 is 46.6 Å². The van der Waals surface area contributed by atoms with Crippen molar-refractivity contribution in [1.82, 2.24) is 5.43 Å². The smallest absolute Gasteiger partial charge is 0.267 e. The van der Waals surface area contributed by atoms with Crippen LogP contribution < -0.4 is 5.43 Å². The molecule has 1 N–H and O–H groups in total. The fraction of sp³-hybridized carbons (Fsp3) is 0. The Bertz CT molecular complexity index is 1140. The van der Waals surface area contributed by atoms with Gasteiger partial charge in [0.25, 0.3) is 11.6 Å². The van der Waals surface area contributed by atoms with E-state index in [4.69, 9.17) is 34.8 Å². The maximum absolute atomic E-state index is 12.2. The maximum Gasteiger partial charge on any atom is 0.283 e. The lowest BCUT2D eigenvalue weighted by Crippen LogP contribution is -2.18. The normalized spacial score (nSPS) is 10.9. The van der Waals surface area contributed by atoms with Crippen LogP contribution in [-0.2, 0) is 0 Å². The van der Waals surface area contributed by atoms with Gasteiger partial charge in [0.1, 0.15) is 0 Å². The van der Waals surface area contributed by atoms with E-state index in [2.05, 4.69) is 10.5 Å². The number of nitrogens with one attached hydrogen (secondary N) is 1. The second-order valence-corrected chi connectivity index (χ2v) is 8.26. The molecule has 0 aliphatic rings. The molecule has 30 heavy (non-hydrogen) atoms. The number of halogens is 3. The number of carbonyl (C=O) groups is 1. The summed E-state index contributed by atoms with van der Waals surface area (Å²) in [6, 6.07) is 16.1. The van der Waals surface area contributed by atoms with Gasteiger partial charge in [0.2, 0.25) is 0 Å². The third-order valence-electron chi connectivity index (χ3n) is 3.78. The summed E-state index contributed by atoms with van der Waals surface area (Å²) in [5, 5.41) is 16.5. The molecule has 0 saturated carbocycles. The van der Waals surface area contributed by atoms with Crippen LogP contribution in [0.25, 0.3) is 0 Å². The highest BCUT2D eigenvalue weighted by Crippen LogP contribution is 2.35. The van der Waals surface area contributed by atoms with Crippen molar-refractivity contribution < 1.29 is 9.72 Å². The molecule has 152 valence electrons. The fourth-order valence-electron chi connectivity index (χ4n) is 2.37. The highest BCUT2D eigenvalue weighted by atomic mass is 35.5. The van der Waals surface area contributed by atoms with Gasteiger partial charge in [0.05, 0.1) is 26.6 Å². The summed E-state index contributed by atoms with van der Waals surface area (Å²) in [7, 11) is 0. The van der Waals surface area contributed by atoms with Crippen LogP contribution in [-0.4, -0.2) is 17.0 Å². The van der Waals surface area contributed by atoms with E-state index in [1.807, 2.05) is 0 Å². The molecule has 0 aliphatic heterocycles. The summed E-state index contributed by atoms with van der Waals surface area (Å²) < 4.78 is 0. The van der Waals surface area contributed by atoms with Crippen LogP contribution in [0.3, 0.4) is 0 Å². The van der Waals surface area contributed by atoms with Crippen LogP contribution in [0.15, 0.2) is 75.6 Å². The maximum atomic E-state index is 12.2. The van der Waals surface area contributed by atoms with Crippen LogP contribution in [0.4, 0.5) is 5.69 Å². The van der Waals surface area contributed by atoms with E-state index >= 15 is 0 Å². The molecule has 0 heterocycles. The summed E-state index contributed by atoms with van der Waals surface area (Å²) >= 11 is 18.9. The predicted octanol–water partition coefficient (Wildman–Crippen LogP) is 6.47. The van der Waals surface area contributed by atoms with Gasteiger partial charge in [-0.3, -0.25) is 14.9 Å². The van der Waals surface area contributed by atoms with Crippen molar-refractivity contribution in [2.45, 2.75) is 9.79 Å². The lowest BCUT2D eigenvalue weighted by atomic mass is 10.2. The Morgan fingerprint density at radius 3 is 2.37 bits per heavy atom. The van der Waals surface area contributed by atoms with Crippen molar-refractivity contribution in [3.63, 3.8) is 0 Å². The zero-order valence-electron chi connectivity index (χ0n) is 15.0. The van der Waals surface area contributed by atoms with Crippen LogP contribution in [0.2, 0.25) is 15.1 Å². The highest BCUT2D eigenvalue weighted by Gasteiger charge is 2.16. The van der Waals surface area contributed by atoms with Gasteiger partial charge >= 0.3 is 0 Å². The minimum absolute atomic E-state index is 0.0778. The van der Waals surface area contributed by atoms with E-state index in [-0.39, 0.29) is 16.3 Å². The fourth-order valence-corrected chi connectivity index (χ4v) is 3.89. The van der Waals surface area contributed by atoms with Gasteiger partial charge in [-0.15, -0.1) is 0 Å². The Morgan fingerprint density at radius 2 is 1.70 bits per heavy atom. The molecule has 10 heteroatoms. The van der Waals surface area contributed by atoms with Crippen molar-refractivity contribution in [1.29, 1.82) is 0 Å². The number of nitro benzene ring substituents is 1. The van der Waals surface area contributed by atoms with Gasteiger partial charge in [-0.05, 0) is 48.5 Å². The summed E-state index contributed by atoms with van der Waals surface area (Å²) in [6.45, 7) is 0. The molecular weight excluding hydrogens is 469 g/mol. The summed E-state index contributed by atoms with van der Waals surface area (Å²) in [4.78, 5) is 24.4. The summed E-state index contributed by atoms with van der Waals surface area (Å²) in [5.74, 6) is -0.530. The van der Waals surface area contributed by atoms with Gasteiger partial charge in [-0.2, -0.15) is 5.10 Å². The van der Waals surface area contributed by atoms with Crippen molar-refractivity contribution in [3.8, 4) is 0 Å². The summed E-state index contributed by atoms with van der Waals surface area (Å²) in [6.07, 6.45) is 1.31. The molecule has 1 amide bonds. The first-order valence-electron chi connectivity index (χ1n) is 8.34. The van der Waals surface area contributed by atoms with Crippen LogP contribution in [0, 0.1) is 10.1 Å². The number of amides is 1. The van der Waals surface area contributed by atoms with Crippen molar-refractivity contribution in [2.24, 2.45) is 5.10 Å². The van der Waals surface area contributed by atoms with Gasteiger partial charge in [0.15, 0.2) is 0 Å². The molecule has 0 atom stereocenters. The average Bonchev–Trinajstić information content (AvgIpc) is 2.70. The van der Waals surface area contributed by atoms with E-state index in [0.29, 0.717) is 20.5 Å². The average molecular weight is 481 g/mol. The van der Waals surface area contributed by atoms with Gasteiger partial charge in [-0.1, -0.05) is 52.6 Å². The lowest BCUT2D eigenvalue weighted by Gasteiger charge is -2.05. The second kappa shape index (κ2) is 9.95. The Hall–Kier alpha value is -2.58. The van der Waals surface area contributed by atoms with E-state index in [9.17, 15) is 14.9 Å². The minimum atomic E-state index is -0.530. The van der Waals surface area contributed by atoms with Crippen molar-refractivity contribution in [2.75, 3.05) is 0 Å². The molecule has 3 aromatic carbocycles. The van der Waals surface area contributed by atoms with Crippen molar-refractivity contribution in [3.05, 3.63) is 97.0 Å². The predicted molar refractivity (Wildman–Crippen MR) is 120 cm³/mol. The first kappa shape index (κ1) is 22.1. The number of carbonyl (C=O) groups excluding carboxylic acids is 1. The topological polar surface area (TPSA) is 84.6 Å². The zero-order valence-corrected chi connectivity index (χ0v) is 18.1. The zero-order chi connectivity index (χ0) is 21.7. The number of rotatable bonds is 6. The molecule has 0 spiro atoms. The minimum Gasteiger partial charge on any atom is -0.267 e. The van der Waals surface area contributed by atoms with E-state index < -0.39 is 10.8 Å². The quantitative estimate of drug-likeness (QED) is 0.249. The molecule has 0 radical (unpaired) electrons. The second-order valence-electron chi connectivity index (χ2n) is 5.86. The first-order valence-corrected chi connectivity index (χ1v) is 10.3. The third-order valence-corrected chi connectivity index (χ3v) is 5.65. The van der Waals surface area contributed by atoms with Crippen LogP contribution in [0.5, 0.6) is 0 Å². The molecule has 0 fully saturated rings. The Balaban J connectivity index is 1.74. The standard InChI is InChI=1S/C20H12Cl3N3O3S/c21-13-2-5-15(6-3-13)30-19-8-1-12(9-18(19)26(28)29)11-24-25-20(27)16-7-4-14(22)10-17(16)23/h1-11H,(H,25,27)/b24-11+. The van der Waals surface area contributed by atoms with E-state index in [1.165, 1.54) is 42.2 Å². The number of hydrogen-bond acceptors (Lipinski definition) is 5. The first-order chi connectivity index (χ1) is 14.3. The Morgan fingerprint density at radius 1 is 1.00 bits per heavy atom. The van der Waals surface area contributed by atoms with Crippen molar-refractivity contribution >= 4 is 64.4 Å². The Labute approximate surface area is 191 Å². The number of benzene rings is 3. The highest BCUT2D eigenvalue weighted by molar-refractivity contribution is 7.99. The molecule has 6 nitrogen and oxygen atoms in total. The number of hydrazone groups is 1. The molecule has 3 rings (SSSR count). The monoisotopic (exact) mass is 479 g/mol. The van der Waals surface area contributed by atoms with E-state index in [0.717, 1.165) is 4.90 Å². The third kappa shape index (κ3) is 5.73. The molecule has 0 bridgehead atoms. The van der Waals surface area contributed by atoms with Gasteiger partial charge in [0, 0.05) is 26.6 Å². The summed E-state index contributed by atoms with van der Waals surface area (Å²) in [5.41, 5.74) is 2.91. The molecule has 0 aliphatic carbocycles. The van der Waals surface area contributed by atoms with Crippen LogP contribution in [0.1, 0.15) is 15.9 Å². The molecule has 0 unspecified atom stereocenters. The molecular formula is C20H12Cl3N3O3S. The SMILES string of the molecule is O=C(N/N=C/c1ccc(Sc2ccc(Cl)cc2)c([N+](=O)[O-])c1)c1ccc(Cl)cc1Cl. The lowest BCUT2D eigenvalue weighted by molar-refractivity contribution is -0.387. The molecule has 0 saturated heterocycles. The number of hydrogen-bond donors (Lipinski definition) is 1. The Kier molecular flexibility index (Phi) is 7.33. The largest absolute Gasteiger partial charge is 0.283 e. The molecule has 3 aromatic rings. The number of nitrogens with zero attached hydrogens (tertiary/aromatic N) is 2.